The number of halogens is 1. The monoisotopic (exact) mass is 313 g/mol. The third kappa shape index (κ3) is 6.53. The molecule has 0 aliphatic carbocycles. The van der Waals surface area contributed by atoms with E-state index in [1.807, 2.05) is 6.92 Å². The lowest BCUT2D eigenvalue weighted by molar-refractivity contribution is 0.136. The van der Waals surface area contributed by atoms with Crippen LogP contribution in [0.25, 0.3) is 0 Å². The third-order valence-electron chi connectivity index (χ3n) is 2.87. The number of hydrogen-bond donors (Lipinski definition) is 1. The largest absolute Gasteiger partial charge is 0.382 e. The lowest BCUT2D eigenvalue weighted by atomic mass is 10.0. The second-order valence-electron chi connectivity index (χ2n) is 4.47. The molecule has 0 fully saturated rings. The maximum atomic E-state index is 5.46. The summed E-state index contributed by atoms with van der Waals surface area (Å²) in [6.07, 6.45) is 3.30. The van der Waals surface area contributed by atoms with Crippen LogP contribution >= 0.6 is 15.9 Å². The molecule has 1 aromatic carbocycles. The maximum absolute atomic E-state index is 5.46. The predicted octanol–water partition coefficient (Wildman–Crippen LogP) is 3.79. The number of benzene rings is 1. The summed E-state index contributed by atoms with van der Waals surface area (Å²) < 4.78 is 6.61. The Morgan fingerprint density at radius 1 is 1.33 bits per heavy atom. The SMILES string of the molecule is CCCNC(CCOCC)Cc1cccc(Br)c1. The molecule has 102 valence electrons. The second-order valence-corrected chi connectivity index (χ2v) is 5.39. The number of rotatable bonds is 9. The Hall–Kier alpha value is -0.380. The Labute approximate surface area is 119 Å². The van der Waals surface area contributed by atoms with Crippen LogP contribution in [-0.2, 0) is 11.2 Å². The Kier molecular flexibility index (Phi) is 8.31. The van der Waals surface area contributed by atoms with E-state index in [-0.39, 0.29) is 0 Å². The van der Waals surface area contributed by atoms with Crippen LogP contribution in [0.4, 0.5) is 0 Å². The van der Waals surface area contributed by atoms with Crippen LogP contribution in [0.1, 0.15) is 32.3 Å². The van der Waals surface area contributed by atoms with Crippen LogP contribution < -0.4 is 5.32 Å². The quantitative estimate of drug-likeness (QED) is 0.700. The molecule has 18 heavy (non-hydrogen) atoms. The van der Waals surface area contributed by atoms with Gasteiger partial charge in [0.15, 0.2) is 0 Å². The second kappa shape index (κ2) is 9.54. The molecular weight excluding hydrogens is 290 g/mol. The molecule has 0 saturated heterocycles. The summed E-state index contributed by atoms with van der Waals surface area (Å²) in [5, 5.41) is 3.60. The molecule has 0 spiro atoms. The molecule has 0 aliphatic heterocycles. The third-order valence-corrected chi connectivity index (χ3v) is 3.36. The lowest BCUT2D eigenvalue weighted by Gasteiger charge is -2.18. The van der Waals surface area contributed by atoms with Crippen molar-refractivity contribution in [1.29, 1.82) is 0 Å². The number of ether oxygens (including phenoxy) is 1. The van der Waals surface area contributed by atoms with Crippen LogP contribution in [0.5, 0.6) is 0 Å². The van der Waals surface area contributed by atoms with Crippen LogP contribution in [0.15, 0.2) is 28.7 Å². The van der Waals surface area contributed by atoms with Crippen molar-refractivity contribution in [1.82, 2.24) is 5.32 Å². The zero-order valence-corrected chi connectivity index (χ0v) is 13.0. The van der Waals surface area contributed by atoms with Gasteiger partial charge in [0.1, 0.15) is 0 Å². The van der Waals surface area contributed by atoms with Crippen LogP contribution in [0.3, 0.4) is 0 Å². The lowest BCUT2D eigenvalue weighted by Crippen LogP contribution is -2.33. The van der Waals surface area contributed by atoms with Crippen LogP contribution in [0, 0.1) is 0 Å². The molecule has 1 N–H and O–H groups in total. The van der Waals surface area contributed by atoms with Gasteiger partial charge in [0, 0.05) is 23.7 Å². The van der Waals surface area contributed by atoms with Crippen molar-refractivity contribution in [2.24, 2.45) is 0 Å². The van der Waals surface area contributed by atoms with Crippen molar-refractivity contribution in [2.45, 2.75) is 39.2 Å². The van der Waals surface area contributed by atoms with E-state index in [1.54, 1.807) is 0 Å². The highest BCUT2D eigenvalue weighted by molar-refractivity contribution is 9.10. The Balaban J connectivity index is 2.48. The summed E-state index contributed by atoms with van der Waals surface area (Å²) in [7, 11) is 0. The molecule has 3 heteroatoms. The van der Waals surface area contributed by atoms with E-state index < -0.39 is 0 Å². The van der Waals surface area contributed by atoms with Gasteiger partial charge in [-0.05, 0) is 50.4 Å². The molecule has 1 aromatic rings. The van der Waals surface area contributed by atoms with Crippen molar-refractivity contribution in [2.75, 3.05) is 19.8 Å². The first-order chi connectivity index (χ1) is 8.76. The minimum atomic E-state index is 0.505. The molecule has 0 radical (unpaired) electrons. The molecular formula is C15H24BrNO. The van der Waals surface area contributed by atoms with Gasteiger partial charge in [-0.2, -0.15) is 0 Å². The molecule has 0 bridgehead atoms. The molecule has 2 nitrogen and oxygen atoms in total. The average Bonchev–Trinajstić information content (AvgIpc) is 2.36. The van der Waals surface area contributed by atoms with Gasteiger partial charge in [0.05, 0.1) is 0 Å². The summed E-state index contributed by atoms with van der Waals surface area (Å²) in [5.41, 5.74) is 1.37. The first-order valence-electron chi connectivity index (χ1n) is 6.81. The fraction of sp³-hybridized carbons (Fsp3) is 0.600. The van der Waals surface area contributed by atoms with Crippen LogP contribution in [0.2, 0.25) is 0 Å². The van der Waals surface area contributed by atoms with Crippen LogP contribution in [-0.4, -0.2) is 25.8 Å². The van der Waals surface area contributed by atoms with Gasteiger partial charge in [-0.25, -0.2) is 0 Å². The summed E-state index contributed by atoms with van der Waals surface area (Å²) in [4.78, 5) is 0. The standard InChI is InChI=1S/C15H24BrNO/c1-3-9-17-15(8-10-18-4-2)12-13-6-5-7-14(16)11-13/h5-7,11,15,17H,3-4,8-10,12H2,1-2H3. The zero-order chi connectivity index (χ0) is 13.2. The zero-order valence-electron chi connectivity index (χ0n) is 11.4. The van der Waals surface area contributed by atoms with E-state index in [1.165, 1.54) is 12.0 Å². The molecule has 0 amide bonds. The molecule has 0 aliphatic rings. The van der Waals surface area contributed by atoms with Crippen molar-refractivity contribution in [3.8, 4) is 0 Å². The van der Waals surface area contributed by atoms with Crippen molar-refractivity contribution < 1.29 is 4.74 Å². The average molecular weight is 314 g/mol. The predicted molar refractivity (Wildman–Crippen MR) is 81.0 cm³/mol. The van der Waals surface area contributed by atoms with E-state index >= 15 is 0 Å². The smallest absolute Gasteiger partial charge is 0.0480 e. The van der Waals surface area contributed by atoms with Gasteiger partial charge >= 0.3 is 0 Å². The van der Waals surface area contributed by atoms with E-state index in [0.29, 0.717) is 6.04 Å². The maximum Gasteiger partial charge on any atom is 0.0480 e. The Bertz CT molecular complexity index is 330. The Morgan fingerprint density at radius 3 is 2.83 bits per heavy atom. The number of nitrogens with one attached hydrogen (secondary N) is 1. The molecule has 1 atom stereocenters. The number of hydrogen-bond acceptors (Lipinski definition) is 2. The normalized spacial score (nSPS) is 12.6. The van der Waals surface area contributed by atoms with Gasteiger partial charge in [0.25, 0.3) is 0 Å². The van der Waals surface area contributed by atoms with E-state index in [9.17, 15) is 0 Å². The van der Waals surface area contributed by atoms with Gasteiger partial charge in [-0.1, -0.05) is 35.0 Å². The van der Waals surface area contributed by atoms with Gasteiger partial charge in [-0.3, -0.25) is 0 Å². The van der Waals surface area contributed by atoms with Crippen molar-refractivity contribution >= 4 is 15.9 Å². The highest BCUT2D eigenvalue weighted by Crippen LogP contribution is 2.14. The molecule has 1 rings (SSSR count). The first kappa shape index (κ1) is 15.7. The fourth-order valence-electron chi connectivity index (χ4n) is 1.94. The highest BCUT2D eigenvalue weighted by Gasteiger charge is 2.08. The highest BCUT2D eigenvalue weighted by atomic mass is 79.9. The van der Waals surface area contributed by atoms with Gasteiger partial charge < -0.3 is 10.1 Å². The molecule has 0 saturated carbocycles. The Morgan fingerprint density at radius 2 is 2.17 bits per heavy atom. The molecule has 0 heterocycles. The summed E-state index contributed by atoms with van der Waals surface area (Å²) in [6, 6.07) is 9.05. The van der Waals surface area contributed by atoms with E-state index in [0.717, 1.165) is 37.1 Å². The van der Waals surface area contributed by atoms with Crippen molar-refractivity contribution in [3.05, 3.63) is 34.3 Å². The minimum absolute atomic E-state index is 0.505. The fourth-order valence-corrected chi connectivity index (χ4v) is 2.39. The molecule has 1 unspecified atom stereocenters. The van der Waals surface area contributed by atoms with E-state index in [4.69, 9.17) is 4.74 Å². The molecule has 0 aromatic heterocycles. The summed E-state index contributed by atoms with van der Waals surface area (Å²) in [6.45, 7) is 6.96. The summed E-state index contributed by atoms with van der Waals surface area (Å²) >= 11 is 3.52. The topological polar surface area (TPSA) is 21.3 Å². The first-order valence-corrected chi connectivity index (χ1v) is 7.61. The van der Waals surface area contributed by atoms with Gasteiger partial charge in [-0.15, -0.1) is 0 Å². The van der Waals surface area contributed by atoms with Crippen molar-refractivity contribution in [3.63, 3.8) is 0 Å². The minimum Gasteiger partial charge on any atom is -0.382 e. The van der Waals surface area contributed by atoms with E-state index in [2.05, 4.69) is 52.4 Å². The van der Waals surface area contributed by atoms with Gasteiger partial charge in [0.2, 0.25) is 0 Å². The summed E-state index contributed by atoms with van der Waals surface area (Å²) in [5.74, 6) is 0.